The van der Waals surface area contributed by atoms with Gasteiger partial charge < -0.3 is 10.0 Å². The number of benzene rings is 1. The number of nitrogens with zero attached hydrogens (tertiary/aromatic N) is 1. The highest BCUT2D eigenvalue weighted by molar-refractivity contribution is 5.96. The summed E-state index contributed by atoms with van der Waals surface area (Å²) in [6, 6.07) is 5.78. The first-order valence-electron chi connectivity index (χ1n) is 6.29. The van der Waals surface area contributed by atoms with Gasteiger partial charge >= 0.3 is 0 Å². The van der Waals surface area contributed by atoms with E-state index in [2.05, 4.69) is 4.90 Å². The Morgan fingerprint density at radius 3 is 2.78 bits per heavy atom. The van der Waals surface area contributed by atoms with E-state index in [1.165, 1.54) is 12.1 Å². The standard InChI is InChI=1S/C14H20FNO2/c1-2-16(8-4-10-17)9-7-14(18)12-5-3-6-13(15)11-12/h3,5-6,11,17H,2,4,7-10H2,1H3. The van der Waals surface area contributed by atoms with Gasteiger partial charge in [-0.2, -0.15) is 0 Å². The molecule has 0 amide bonds. The fraction of sp³-hybridized carbons (Fsp3) is 0.500. The van der Waals surface area contributed by atoms with E-state index in [0.717, 1.165) is 13.1 Å². The first-order chi connectivity index (χ1) is 8.67. The Morgan fingerprint density at radius 2 is 2.17 bits per heavy atom. The van der Waals surface area contributed by atoms with Gasteiger partial charge in [0.1, 0.15) is 5.82 Å². The minimum atomic E-state index is -0.381. The summed E-state index contributed by atoms with van der Waals surface area (Å²) in [5.74, 6) is -0.426. The van der Waals surface area contributed by atoms with E-state index >= 15 is 0 Å². The lowest BCUT2D eigenvalue weighted by Crippen LogP contribution is -2.27. The molecule has 1 rings (SSSR count). The first-order valence-corrected chi connectivity index (χ1v) is 6.29. The number of rotatable bonds is 8. The maximum atomic E-state index is 13.0. The second-order valence-corrected chi connectivity index (χ2v) is 4.19. The number of hydrogen-bond acceptors (Lipinski definition) is 3. The lowest BCUT2D eigenvalue weighted by molar-refractivity contribution is 0.0963. The predicted molar refractivity (Wildman–Crippen MR) is 69.2 cm³/mol. The minimum Gasteiger partial charge on any atom is -0.396 e. The van der Waals surface area contributed by atoms with Crippen molar-refractivity contribution in [2.45, 2.75) is 19.8 Å². The average molecular weight is 253 g/mol. The second kappa shape index (κ2) is 7.95. The fourth-order valence-electron chi connectivity index (χ4n) is 1.79. The van der Waals surface area contributed by atoms with Crippen LogP contribution >= 0.6 is 0 Å². The van der Waals surface area contributed by atoms with Crippen molar-refractivity contribution in [1.29, 1.82) is 0 Å². The van der Waals surface area contributed by atoms with E-state index in [1.807, 2.05) is 6.92 Å². The summed E-state index contributed by atoms with van der Waals surface area (Å²) >= 11 is 0. The van der Waals surface area contributed by atoms with Crippen molar-refractivity contribution >= 4 is 5.78 Å². The Kier molecular flexibility index (Phi) is 6.54. The Labute approximate surface area is 107 Å². The molecule has 3 nitrogen and oxygen atoms in total. The lowest BCUT2D eigenvalue weighted by atomic mass is 10.1. The van der Waals surface area contributed by atoms with Crippen LogP contribution in [-0.4, -0.2) is 42.0 Å². The molecule has 0 aliphatic rings. The van der Waals surface area contributed by atoms with E-state index in [1.54, 1.807) is 12.1 Å². The third kappa shape index (κ3) is 4.94. The number of halogens is 1. The zero-order valence-electron chi connectivity index (χ0n) is 10.7. The minimum absolute atomic E-state index is 0.0445. The van der Waals surface area contributed by atoms with Crippen LogP contribution in [0.25, 0.3) is 0 Å². The van der Waals surface area contributed by atoms with Crippen molar-refractivity contribution in [1.82, 2.24) is 4.90 Å². The largest absolute Gasteiger partial charge is 0.396 e. The van der Waals surface area contributed by atoms with Crippen LogP contribution in [0, 0.1) is 5.82 Å². The van der Waals surface area contributed by atoms with Gasteiger partial charge in [0.05, 0.1) is 0 Å². The van der Waals surface area contributed by atoms with Gasteiger partial charge in [-0.05, 0) is 25.1 Å². The van der Waals surface area contributed by atoms with Gasteiger partial charge in [0.25, 0.3) is 0 Å². The molecule has 0 aliphatic carbocycles. The van der Waals surface area contributed by atoms with Crippen LogP contribution < -0.4 is 0 Å². The van der Waals surface area contributed by atoms with Crippen LogP contribution in [0.15, 0.2) is 24.3 Å². The molecule has 18 heavy (non-hydrogen) atoms. The van der Waals surface area contributed by atoms with Crippen molar-refractivity contribution in [3.63, 3.8) is 0 Å². The van der Waals surface area contributed by atoms with Gasteiger partial charge in [-0.15, -0.1) is 0 Å². The van der Waals surface area contributed by atoms with Crippen molar-refractivity contribution in [3.8, 4) is 0 Å². The maximum absolute atomic E-state index is 13.0. The number of Topliss-reactive ketones (excluding diaryl/α,β-unsaturated/α-hetero) is 1. The molecule has 0 heterocycles. The fourth-order valence-corrected chi connectivity index (χ4v) is 1.79. The molecule has 0 bridgehead atoms. The van der Waals surface area contributed by atoms with Crippen LogP contribution in [0.2, 0.25) is 0 Å². The van der Waals surface area contributed by atoms with Gasteiger partial charge in [0, 0.05) is 31.7 Å². The number of ketones is 1. The Morgan fingerprint density at radius 1 is 1.39 bits per heavy atom. The van der Waals surface area contributed by atoms with Gasteiger partial charge in [-0.1, -0.05) is 19.1 Å². The molecule has 1 N–H and O–H groups in total. The summed E-state index contributed by atoms with van der Waals surface area (Å²) in [7, 11) is 0. The number of aliphatic hydroxyl groups is 1. The van der Waals surface area contributed by atoms with E-state index < -0.39 is 0 Å². The third-order valence-corrected chi connectivity index (χ3v) is 2.88. The van der Waals surface area contributed by atoms with Crippen LogP contribution in [0.3, 0.4) is 0 Å². The summed E-state index contributed by atoms with van der Waals surface area (Å²) in [6.07, 6.45) is 1.09. The normalized spacial score (nSPS) is 10.9. The number of aliphatic hydroxyl groups excluding tert-OH is 1. The number of hydrogen-bond donors (Lipinski definition) is 1. The highest BCUT2D eigenvalue weighted by Crippen LogP contribution is 2.07. The Bertz CT molecular complexity index is 382. The van der Waals surface area contributed by atoms with Crippen LogP contribution in [0.4, 0.5) is 4.39 Å². The summed E-state index contributed by atoms with van der Waals surface area (Å²) in [4.78, 5) is 14.0. The molecule has 0 saturated heterocycles. The molecule has 0 radical (unpaired) electrons. The average Bonchev–Trinajstić information content (AvgIpc) is 2.38. The van der Waals surface area contributed by atoms with Crippen molar-refractivity contribution < 1.29 is 14.3 Å². The first kappa shape index (κ1) is 14.8. The molecule has 0 unspecified atom stereocenters. The van der Waals surface area contributed by atoms with Gasteiger partial charge in [-0.3, -0.25) is 4.79 Å². The molecule has 4 heteroatoms. The van der Waals surface area contributed by atoms with Gasteiger partial charge in [0.15, 0.2) is 5.78 Å². The van der Waals surface area contributed by atoms with Crippen molar-refractivity contribution in [3.05, 3.63) is 35.6 Å². The summed E-state index contributed by atoms with van der Waals surface area (Å²) in [5, 5.41) is 8.76. The van der Waals surface area contributed by atoms with E-state index in [0.29, 0.717) is 24.9 Å². The smallest absolute Gasteiger partial charge is 0.164 e. The zero-order chi connectivity index (χ0) is 13.4. The predicted octanol–water partition coefficient (Wildman–Crippen LogP) is 2.10. The molecule has 0 saturated carbocycles. The molecule has 0 spiro atoms. The Hall–Kier alpha value is -1.26. The van der Waals surface area contributed by atoms with Gasteiger partial charge in [0.2, 0.25) is 0 Å². The summed E-state index contributed by atoms with van der Waals surface area (Å²) < 4.78 is 13.0. The molecule has 100 valence electrons. The molecular formula is C14H20FNO2. The summed E-state index contributed by atoms with van der Waals surface area (Å²) in [6.45, 7) is 4.45. The van der Waals surface area contributed by atoms with Crippen molar-refractivity contribution in [2.75, 3.05) is 26.2 Å². The van der Waals surface area contributed by atoms with E-state index in [9.17, 15) is 9.18 Å². The van der Waals surface area contributed by atoms with Crippen molar-refractivity contribution in [2.24, 2.45) is 0 Å². The monoisotopic (exact) mass is 253 g/mol. The number of carbonyl (C=O) groups is 1. The topological polar surface area (TPSA) is 40.5 Å². The molecular weight excluding hydrogens is 233 g/mol. The van der Waals surface area contributed by atoms with E-state index in [4.69, 9.17) is 5.11 Å². The highest BCUT2D eigenvalue weighted by Gasteiger charge is 2.09. The lowest BCUT2D eigenvalue weighted by Gasteiger charge is -2.19. The third-order valence-electron chi connectivity index (χ3n) is 2.88. The second-order valence-electron chi connectivity index (χ2n) is 4.19. The van der Waals surface area contributed by atoms with Crippen LogP contribution in [-0.2, 0) is 0 Å². The molecule has 0 atom stereocenters. The zero-order valence-corrected chi connectivity index (χ0v) is 10.7. The molecule has 1 aromatic rings. The quantitative estimate of drug-likeness (QED) is 0.721. The van der Waals surface area contributed by atoms with E-state index in [-0.39, 0.29) is 18.2 Å². The highest BCUT2D eigenvalue weighted by atomic mass is 19.1. The SMILES string of the molecule is CCN(CCCO)CCC(=O)c1cccc(F)c1. The molecule has 0 fully saturated rings. The summed E-state index contributed by atoms with van der Waals surface area (Å²) in [5.41, 5.74) is 0.424. The molecule has 1 aromatic carbocycles. The maximum Gasteiger partial charge on any atom is 0.164 e. The molecule has 0 aliphatic heterocycles. The van der Waals surface area contributed by atoms with Gasteiger partial charge in [-0.25, -0.2) is 4.39 Å². The van der Waals surface area contributed by atoms with Crippen LogP contribution in [0.5, 0.6) is 0 Å². The number of carbonyl (C=O) groups excluding carboxylic acids is 1. The van der Waals surface area contributed by atoms with Crippen LogP contribution in [0.1, 0.15) is 30.1 Å². The molecule has 0 aromatic heterocycles. The Balaban J connectivity index is 2.44.